The number of ether oxygens (including phenoxy) is 1. The Bertz CT molecular complexity index is 1020. The standard InChI is InChI=1S/C23H21Cl2N3O3/c24-18-12-17(13-19(25)21(18)26)27-22(29)20(11-15-7-3-1-4-8-15)28-23(30)31-14-16-9-5-2-6-10-16/h1-10,12-13,20H,11,14,26H2,(H,27,29)(H,28,30)/t20-/m0/s1. The van der Waals surface area contributed by atoms with Crippen molar-refractivity contribution >= 4 is 46.6 Å². The van der Waals surface area contributed by atoms with Crippen LogP contribution in [-0.4, -0.2) is 18.0 Å². The minimum absolute atomic E-state index is 0.0928. The predicted octanol–water partition coefficient (Wildman–Crippen LogP) is 5.05. The van der Waals surface area contributed by atoms with Crippen LogP contribution in [0.2, 0.25) is 10.0 Å². The molecule has 0 radical (unpaired) electrons. The summed E-state index contributed by atoms with van der Waals surface area (Å²) in [4.78, 5) is 25.3. The minimum atomic E-state index is -0.888. The molecule has 3 aromatic carbocycles. The molecule has 3 rings (SSSR count). The van der Waals surface area contributed by atoms with Gasteiger partial charge in [0, 0.05) is 12.1 Å². The van der Waals surface area contributed by atoms with Crippen LogP contribution < -0.4 is 16.4 Å². The number of rotatable bonds is 7. The van der Waals surface area contributed by atoms with Crippen molar-refractivity contribution in [2.75, 3.05) is 11.1 Å². The predicted molar refractivity (Wildman–Crippen MR) is 123 cm³/mol. The molecule has 0 fully saturated rings. The molecular weight excluding hydrogens is 437 g/mol. The molecule has 2 amide bonds. The average molecular weight is 458 g/mol. The molecule has 0 heterocycles. The van der Waals surface area contributed by atoms with Gasteiger partial charge in [0.05, 0.1) is 15.7 Å². The number of hydrogen-bond donors (Lipinski definition) is 3. The first-order valence-electron chi connectivity index (χ1n) is 9.49. The van der Waals surface area contributed by atoms with Crippen LogP contribution in [-0.2, 0) is 22.6 Å². The Balaban J connectivity index is 1.70. The van der Waals surface area contributed by atoms with Gasteiger partial charge in [-0.3, -0.25) is 4.79 Å². The molecule has 0 aliphatic carbocycles. The van der Waals surface area contributed by atoms with E-state index in [-0.39, 0.29) is 28.8 Å². The van der Waals surface area contributed by atoms with Crippen LogP contribution in [0.3, 0.4) is 0 Å². The van der Waals surface area contributed by atoms with Crippen LogP contribution in [0.1, 0.15) is 11.1 Å². The van der Waals surface area contributed by atoms with Crippen molar-refractivity contribution < 1.29 is 14.3 Å². The maximum atomic E-state index is 12.9. The molecule has 31 heavy (non-hydrogen) atoms. The summed E-state index contributed by atoms with van der Waals surface area (Å²) in [6.07, 6.45) is -0.433. The topological polar surface area (TPSA) is 93.5 Å². The number of hydrogen-bond acceptors (Lipinski definition) is 4. The van der Waals surface area contributed by atoms with Crippen molar-refractivity contribution in [3.8, 4) is 0 Å². The van der Waals surface area contributed by atoms with E-state index >= 15 is 0 Å². The fourth-order valence-electron chi connectivity index (χ4n) is 2.85. The van der Waals surface area contributed by atoms with E-state index in [4.69, 9.17) is 33.7 Å². The lowest BCUT2D eigenvalue weighted by atomic mass is 10.1. The zero-order valence-corrected chi connectivity index (χ0v) is 18.0. The molecule has 0 saturated carbocycles. The molecule has 0 bridgehead atoms. The molecule has 6 nitrogen and oxygen atoms in total. The van der Waals surface area contributed by atoms with E-state index in [0.29, 0.717) is 5.69 Å². The molecule has 8 heteroatoms. The maximum Gasteiger partial charge on any atom is 0.408 e. The van der Waals surface area contributed by atoms with Crippen molar-refractivity contribution in [1.29, 1.82) is 0 Å². The number of carbonyl (C=O) groups excluding carboxylic acids is 2. The monoisotopic (exact) mass is 457 g/mol. The highest BCUT2D eigenvalue weighted by Gasteiger charge is 2.23. The second kappa shape index (κ2) is 10.7. The smallest absolute Gasteiger partial charge is 0.408 e. The molecular formula is C23H21Cl2N3O3. The number of halogens is 2. The third kappa shape index (κ3) is 6.64. The quantitative estimate of drug-likeness (QED) is 0.432. The summed E-state index contributed by atoms with van der Waals surface area (Å²) in [7, 11) is 0. The Morgan fingerprint density at radius 2 is 1.45 bits per heavy atom. The first-order valence-corrected chi connectivity index (χ1v) is 10.2. The van der Waals surface area contributed by atoms with E-state index in [1.165, 1.54) is 12.1 Å². The van der Waals surface area contributed by atoms with Crippen LogP contribution in [0.4, 0.5) is 16.2 Å². The van der Waals surface area contributed by atoms with Crippen molar-refractivity contribution in [2.24, 2.45) is 0 Å². The summed E-state index contributed by atoms with van der Waals surface area (Å²) in [5.74, 6) is -0.447. The molecule has 1 atom stereocenters. The molecule has 0 aliphatic heterocycles. The number of carbonyl (C=O) groups is 2. The van der Waals surface area contributed by atoms with Crippen LogP contribution >= 0.6 is 23.2 Å². The lowest BCUT2D eigenvalue weighted by molar-refractivity contribution is -0.118. The van der Waals surface area contributed by atoms with E-state index in [9.17, 15) is 9.59 Å². The molecule has 160 valence electrons. The first-order chi connectivity index (χ1) is 14.9. The molecule has 0 aliphatic rings. The highest BCUT2D eigenvalue weighted by Crippen LogP contribution is 2.31. The summed E-state index contributed by atoms with van der Waals surface area (Å²) in [5, 5.41) is 5.79. The second-order valence-corrected chi connectivity index (χ2v) is 7.61. The van der Waals surface area contributed by atoms with Crippen molar-refractivity contribution in [3.63, 3.8) is 0 Å². The van der Waals surface area contributed by atoms with Crippen LogP contribution in [0.25, 0.3) is 0 Å². The van der Waals surface area contributed by atoms with Crippen LogP contribution in [0, 0.1) is 0 Å². The second-order valence-electron chi connectivity index (χ2n) is 6.79. The number of amides is 2. The number of nitrogen functional groups attached to an aromatic ring is 1. The van der Waals surface area contributed by atoms with Gasteiger partial charge in [0.25, 0.3) is 0 Å². The van der Waals surface area contributed by atoms with Gasteiger partial charge in [0.15, 0.2) is 0 Å². The third-order valence-electron chi connectivity index (χ3n) is 4.45. The number of nitrogens with one attached hydrogen (secondary N) is 2. The van der Waals surface area contributed by atoms with Crippen molar-refractivity contribution in [3.05, 3.63) is 94.0 Å². The Labute approximate surface area is 190 Å². The number of anilines is 2. The Morgan fingerprint density at radius 1 is 0.903 bits per heavy atom. The van der Waals surface area contributed by atoms with Crippen molar-refractivity contribution in [2.45, 2.75) is 19.1 Å². The van der Waals surface area contributed by atoms with Gasteiger partial charge in [-0.15, -0.1) is 0 Å². The number of nitrogens with two attached hydrogens (primary N) is 1. The number of benzene rings is 3. The lowest BCUT2D eigenvalue weighted by Crippen LogP contribution is -2.45. The van der Waals surface area contributed by atoms with Gasteiger partial charge < -0.3 is 21.1 Å². The average Bonchev–Trinajstić information content (AvgIpc) is 2.77. The molecule has 0 aromatic heterocycles. The van der Waals surface area contributed by atoms with Crippen molar-refractivity contribution in [1.82, 2.24) is 5.32 Å². The Morgan fingerprint density at radius 3 is 2.03 bits per heavy atom. The first kappa shape index (κ1) is 22.5. The highest BCUT2D eigenvalue weighted by molar-refractivity contribution is 6.39. The Hall–Kier alpha value is -3.22. The molecule has 3 aromatic rings. The zero-order chi connectivity index (χ0) is 22.2. The minimum Gasteiger partial charge on any atom is -0.445 e. The fraction of sp³-hybridized carbons (Fsp3) is 0.130. The molecule has 0 saturated heterocycles. The van der Waals surface area contributed by atoms with E-state index < -0.39 is 18.0 Å². The van der Waals surface area contributed by atoms with E-state index in [0.717, 1.165) is 11.1 Å². The van der Waals surface area contributed by atoms with Gasteiger partial charge in [-0.2, -0.15) is 0 Å². The van der Waals surface area contributed by atoms with Crippen LogP contribution in [0.5, 0.6) is 0 Å². The summed E-state index contributed by atoms with van der Waals surface area (Å²) in [6.45, 7) is 0.0928. The van der Waals surface area contributed by atoms with Gasteiger partial charge >= 0.3 is 6.09 Å². The van der Waals surface area contributed by atoms with Gasteiger partial charge in [-0.1, -0.05) is 83.9 Å². The SMILES string of the molecule is Nc1c(Cl)cc(NC(=O)[C@H](Cc2ccccc2)NC(=O)OCc2ccccc2)cc1Cl. The van der Waals surface area contributed by atoms with Gasteiger partial charge in [0.2, 0.25) is 5.91 Å². The van der Waals surface area contributed by atoms with Gasteiger partial charge in [0.1, 0.15) is 12.6 Å². The molecule has 0 unspecified atom stereocenters. The zero-order valence-electron chi connectivity index (χ0n) is 16.5. The van der Waals surface area contributed by atoms with E-state index in [1.54, 1.807) is 0 Å². The Kier molecular flexibility index (Phi) is 7.76. The normalized spacial score (nSPS) is 11.4. The molecule has 0 spiro atoms. The molecule has 4 N–H and O–H groups in total. The highest BCUT2D eigenvalue weighted by atomic mass is 35.5. The van der Waals surface area contributed by atoms with E-state index in [2.05, 4.69) is 10.6 Å². The van der Waals surface area contributed by atoms with Gasteiger partial charge in [-0.05, 0) is 23.3 Å². The van der Waals surface area contributed by atoms with E-state index in [1.807, 2.05) is 60.7 Å². The fourth-order valence-corrected chi connectivity index (χ4v) is 3.34. The summed E-state index contributed by atoms with van der Waals surface area (Å²) in [5.41, 5.74) is 8.05. The van der Waals surface area contributed by atoms with Crippen LogP contribution in [0.15, 0.2) is 72.8 Å². The largest absolute Gasteiger partial charge is 0.445 e. The number of alkyl carbamates (subject to hydrolysis) is 1. The summed E-state index contributed by atoms with van der Waals surface area (Å²) < 4.78 is 5.26. The summed E-state index contributed by atoms with van der Waals surface area (Å²) in [6, 6.07) is 20.7. The summed E-state index contributed by atoms with van der Waals surface area (Å²) >= 11 is 12.1. The lowest BCUT2D eigenvalue weighted by Gasteiger charge is -2.19. The third-order valence-corrected chi connectivity index (χ3v) is 5.08. The maximum absolute atomic E-state index is 12.9. The van der Waals surface area contributed by atoms with Gasteiger partial charge in [-0.25, -0.2) is 4.79 Å².